The fourth-order valence-corrected chi connectivity index (χ4v) is 2.69. The molecule has 3 rings (SSSR count). The van der Waals surface area contributed by atoms with Crippen molar-refractivity contribution in [2.75, 3.05) is 0 Å². The van der Waals surface area contributed by atoms with Gasteiger partial charge in [0, 0.05) is 16.1 Å². The van der Waals surface area contributed by atoms with E-state index in [0.29, 0.717) is 10.0 Å². The average molecular weight is 369 g/mol. The van der Waals surface area contributed by atoms with E-state index < -0.39 is 29.9 Å². The quantitative estimate of drug-likeness (QED) is 0.872. The summed E-state index contributed by atoms with van der Waals surface area (Å²) in [4.78, 5) is 12.7. The Morgan fingerprint density at radius 3 is 2.28 bits per heavy atom. The van der Waals surface area contributed by atoms with Crippen LogP contribution in [0.15, 0.2) is 59.7 Å². The van der Waals surface area contributed by atoms with Gasteiger partial charge < -0.3 is 5.11 Å². The predicted molar refractivity (Wildman–Crippen MR) is 86.1 cm³/mol. The van der Waals surface area contributed by atoms with Gasteiger partial charge in [0.2, 0.25) is 0 Å². The maximum atomic E-state index is 13.1. The van der Waals surface area contributed by atoms with Gasteiger partial charge in [-0.1, -0.05) is 41.9 Å². The molecule has 0 aromatic heterocycles. The van der Waals surface area contributed by atoms with E-state index in [1.54, 1.807) is 18.2 Å². The van der Waals surface area contributed by atoms with E-state index in [1.165, 1.54) is 36.4 Å². The third kappa shape index (κ3) is 3.25. The molecule has 1 atom stereocenters. The number of carbonyl (C=O) groups is 1. The van der Waals surface area contributed by atoms with Crippen molar-refractivity contribution in [3.63, 3.8) is 0 Å². The van der Waals surface area contributed by atoms with Gasteiger partial charge in [-0.05, 0) is 24.3 Å². The Balaban J connectivity index is 2.06. The second-order valence-corrected chi connectivity index (χ2v) is 5.96. The highest BCUT2D eigenvalue weighted by atomic mass is 35.5. The molecular formula is C17H12ClF3N2O2. The van der Waals surface area contributed by atoms with Crippen LogP contribution in [-0.4, -0.2) is 27.9 Å². The van der Waals surface area contributed by atoms with E-state index in [-0.39, 0.29) is 11.1 Å². The molecular weight excluding hydrogens is 357 g/mol. The normalized spacial score (nSPS) is 20.5. The van der Waals surface area contributed by atoms with E-state index in [9.17, 15) is 23.1 Å². The van der Waals surface area contributed by atoms with Crippen molar-refractivity contribution in [3.05, 3.63) is 70.7 Å². The highest BCUT2D eigenvalue weighted by molar-refractivity contribution is 6.30. The van der Waals surface area contributed by atoms with E-state index in [2.05, 4.69) is 5.10 Å². The number of halogens is 4. The van der Waals surface area contributed by atoms with Crippen LogP contribution in [0.3, 0.4) is 0 Å². The van der Waals surface area contributed by atoms with E-state index in [1.807, 2.05) is 0 Å². The van der Waals surface area contributed by atoms with Crippen molar-refractivity contribution in [2.45, 2.75) is 18.3 Å². The Labute approximate surface area is 146 Å². The first-order valence-electron chi connectivity index (χ1n) is 7.24. The largest absolute Gasteiger partial charge is 0.431 e. The lowest BCUT2D eigenvalue weighted by atomic mass is 9.96. The zero-order chi connectivity index (χ0) is 18.2. The van der Waals surface area contributed by atoms with Gasteiger partial charge in [-0.25, -0.2) is 0 Å². The summed E-state index contributed by atoms with van der Waals surface area (Å²) in [5, 5.41) is 15.1. The molecule has 8 heteroatoms. The highest BCUT2D eigenvalue weighted by Gasteiger charge is 2.53. The lowest BCUT2D eigenvalue weighted by Gasteiger charge is -2.31. The van der Waals surface area contributed by atoms with Crippen LogP contribution < -0.4 is 0 Å². The van der Waals surface area contributed by atoms with Crippen molar-refractivity contribution < 1.29 is 23.1 Å². The second kappa shape index (κ2) is 6.16. The fourth-order valence-electron chi connectivity index (χ4n) is 2.56. The molecule has 4 nitrogen and oxygen atoms in total. The van der Waals surface area contributed by atoms with Crippen LogP contribution in [0.5, 0.6) is 0 Å². The summed E-state index contributed by atoms with van der Waals surface area (Å²) in [7, 11) is 0. The zero-order valence-electron chi connectivity index (χ0n) is 12.7. The number of amides is 1. The molecule has 1 aliphatic heterocycles. The Hall–Kier alpha value is -2.38. The van der Waals surface area contributed by atoms with Gasteiger partial charge in [0.05, 0.1) is 6.42 Å². The number of hydrazone groups is 1. The second-order valence-electron chi connectivity index (χ2n) is 5.53. The Kier molecular flexibility index (Phi) is 4.30. The topological polar surface area (TPSA) is 52.9 Å². The predicted octanol–water partition coefficient (Wildman–Crippen LogP) is 3.95. The molecule has 0 bridgehead atoms. The van der Waals surface area contributed by atoms with Crippen LogP contribution in [0.1, 0.15) is 22.3 Å². The van der Waals surface area contributed by atoms with Crippen molar-refractivity contribution >= 4 is 23.2 Å². The minimum atomic E-state index is -4.75. The molecule has 2 aromatic rings. The molecule has 0 saturated heterocycles. The van der Waals surface area contributed by atoms with Crippen molar-refractivity contribution in [3.8, 4) is 0 Å². The van der Waals surface area contributed by atoms with Gasteiger partial charge in [-0.15, -0.1) is 0 Å². The van der Waals surface area contributed by atoms with Crippen LogP contribution in [0.2, 0.25) is 5.02 Å². The summed E-state index contributed by atoms with van der Waals surface area (Å²) in [6.45, 7) is 0. The Bertz CT molecular complexity index is 822. The van der Waals surface area contributed by atoms with Crippen LogP contribution in [0.25, 0.3) is 0 Å². The number of carbonyl (C=O) groups excluding carboxylic acids is 1. The molecule has 2 aromatic carbocycles. The van der Waals surface area contributed by atoms with E-state index >= 15 is 0 Å². The summed E-state index contributed by atoms with van der Waals surface area (Å²) in [6, 6.07) is 13.2. The lowest BCUT2D eigenvalue weighted by molar-refractivity contribution is -0.0816. The number of hydrogen-bond acceptors (Lipinski definition) is 3. The molecule has 0 spiro atoms. The standard InChI is InChI=1S/C17H12ClF3N2O2/c18-13-8-6-11(7-9-13)15(24)23-16(25,12-4-2-1-3-5-12)10-14(22-23)17(19,20)21/h1-9,25H,10H2/t16-/m0/s1. The van der Waals surface area contributed by atoms with Crippen LogP contribution in [0.4, 0.5) is 13.2 Å². The molecule has 1 aliphatic rings. The number of aliphatic hydroxyl groups is 1. The third-order valence-corrected chi connectivity index (χ3v) is 4.08. The number of rotatable bonds is 2. The van der Waals surface area contributed by atoms with Crippen molar-refractivity contribution in [1.82, 2.24) is 5.01 Å². The number of nitrogens with zero attached hydrogens (tertiary/aromatic N) is 2. The van der Waals surface area contributed by atoms with Gasteiger partial charge in [0.15, 0.2) is 5.72 Å². The number of benzene rings is 2. The zero-order valence-corrected chi connectivity index (χ0v) is 13.4. The minimum Gasteiger partial charge on any atom is -0.365 e. The smallest absolute Gasteiger partial charge is 0.365 e. The maximum absolute atomic E-state index is 13.1. The van der Waals surface area contributed by atoms with Gasteiger partial charge in [0.1, 0.15) is 5.71 Å². The molecule has 0 saturated carbocycles. The molecule has 1 heterocycles. The Morgan fingerprint density at radius 2 is 1.72 bits per heavy atom. The van der Waals surface area contributed by atoms with Gasteiger partial charge in [-0.2, -0.15) is 23.3 Å². The Morgan fingerprint density at radius 1 is 1.12 bits per heavy atom. The van der Waals surface area contributed by atoms with Crippen molar-refractivity contribution in [2.24, 2.45) is 5.10 Å². The average Bonchev–Trinajstić information content (AvgIpc) is 2.95. The van der Waals surface area contributed by atoms with E-state index in [0.717, 1.165) is 0 Å². The fraction of sp³-hybridized carbons (Fsp3) is 0.176. The number of hydrogen-bond donors (Lipinski definition) is 1. The lowest BCUT2D eigenvalue weighted by Crippen LogP contribution is -2.43. The first-order chi connectivity index (χ1) is 11.7. The molecule has 0 unspecified atom stereocenters. The molecule has 1 amide bonds. The van der Waals surface area contributed by atoms with Gasteiger partial charge in [-0.3, -0.25) is 4.79 Å². The molecule has 0 radical (unpaired) electrons. The van der Waals surface area contributed by atoms with Crippen molar-refractivity contribution in [1.29, 1.82) is 0 Å². The molecule has 0 aliphatic carbocycles. The maximum Gasteiger partial charge on any atom is 0.431 e. The molecule has 130 valence electrons. The molecule has 1 N–H and O–H groups in total. The van der Waals surface area contributed by atoms with Crippen LogP contribution >= 0.6 is 11.6 Å². The summed E-state index contributed by atoms with van der Waals surface area (Å²) >= 11 is 5.76. The molecule has 0 fully saturated rings. The summed E-state index contributed by atoms with van der Waals surface area (Å²) in [6.07, 6.45) is -5.60. The summed E-state index contributed by atoms with van der Waals surface area (Å²) in [5.41, 5.74) is -3.24. The summed E-state index contributed by atoms with van der Waals surface area (Å²) in [5.74, 6) is -0.859. The first-order valence-corrected chi connectivity index (χ1v) is 7.62. The number of alkyl halides is 3. The first kappa shape index (κ1) is 17.4. The summed E-state index contributed by atoms with van der Waals surface area (Å²) < 4.78 is 39.3. The minimum absolute atomic E-state index is 0.0610. The van der Waals surface area contributed by atoms with E-state index in [4.69, 9.17) is 11.6 Å². The SMILES string of the molecule is O=C(c1ccc(Cl)cc1)N1N=C(C(F)(F)F)C[C@]1(O)c1ccccc1. The van der Waals surface area contributed by atoms with Gasteiger partial charge >= 0.3 is 6.18 Å². The molecule has 25 heavy (non-hydrogen) atoms. The highest BCUT2D eigenvalue weighted by Crippen LogP contribution is 2.40. The third-order valence-electron chi connectivity index (χ3n) is 3.83. The van der Waals surface area contributed by atoms with Crippen LogP contribution in [0, 0.1) is 0 Å². The van der Waals surface area contributed by atoms with Crippen LogP contribution in [-0.2, 0) is 5.72 Å². The monoisotopic (exact) mass is 368 g/mol. The van der Waals surface area contributed by atoms with Gasteiger partial charge in [0.25, 0.3) is 5.91 Å².